The van der Waals surface area contributed by atoms with E-state index in [0.717, 1.165) is 0 Å². The van der Waals surface area contributed by atoms with Crippen molar-refractivity contribution in [3.63, 3.8) is 0 Å². The lowest BCUT2D eigenvalue weighted by molar-refractivity contribution is -0.142. The van der Waals surface area contributed by atoms with Gasteiger partial charge in [0.05, 0.1) is 26.4 Å². The van der Waals surface area contributed by atoms with Crippen LogP contribution in [0.3, 0.4) is 0 Å². The summed E-state index contributed by atoms with van der Waals surface area (Å²) in [6, 6.07) is 0. The van der Waals surface area contributed by atoms with E-state index >= 15 is 0 Å². The molecule has 0 saturated heterocycles. The second-order valence-corrected chi connectivity index (χ2v) is 10.5. The van der Waals surface area contributed by atoms with E-state index in [4.69, 9.17) is 19.0 Å². The standard InChI is InChI=1S/C12H26O5Si/c1-12(2,3)18(4,5)17-9-8-15-6-7-16-10-11(13)14/h6-10H2,1-5H3,(H,13,14). The van der Waals surface area contributed by atoms with E-state index in [9.17, 15) is 4.79 Å². The molecular formula is C12H26O5Si. The van der Waals surface area contributed by atoms with E-state index in [1.165, 1.54) is 0 Å². The van der Waals surface area contributed by atoms with Crippen molar-refractivity contribution in [3.05, 3.63) is 0 Å². The van der Waals surface area contributed by atoms with Crippen LogP contribution in [0.1, 0.15) is 20.8 Å². The molecule has 18 heavy (non-hydrogen) atoms. The van der Waals surface area contributed by atoms with E-state index in [2.05, 4.69) is 33.9 Å². The van der Waals surface area contributed by atoms with Crippen molar-refractivity contribution in [2.24, 2.45) is 0 Å². The molecule has 6 heteroatoms. The SMILES string of the molecule is CC(C)(C)[Si](C)(C)OCCOCCOCC(=O)O. The molecule has 0 bridgehead atoms. The van der Waals surface area contributed by atoms with Gasteiger partial charge in [-0.15, -0.1) is 0 Å². The average Bonchev–Trinajstić information content (AvgIpc) is 2.19. The Hall–Kier alpha value is -0.433. The number of hydrogen-bond donors (Lipinski definition) is 1. The molecule has 5 nitrogen and oxygen atoms in total. The first-order valence-electron chi connectivity index (χ1n) is 6.18. The van der Waals surface area contributed by atoms with Crippen LogP contribution in [-0.2, 0) is 18.7 Å². The van der Waals surface area contributed by atoms with E-state index in [1.54, 1.807) is 0 Å². The van der Waals surface area contributed by atoms with Gasteiger partial charge in [0.25, 0.3) is 0 Å². The lowest BCUT2D eigenvalue weighted by atomic mass is 10.2. The van der Waals surface area contributed by atoms with Gasteiger partial charge < -0.3 is 19.0 Å². The fourth-order valence-electron chi connectivity index (χ4n) is 0.952. The molecule has 0 saturated carbocycles. The first-order chi connectivity index (χ1) is 8.17. The van der Waals surface area contributed by atoms with Crippen LogP contribution in [-0.4, -0.2) is 52.4 Å². The second kappa shape index (κ2) is 7.88. The number of carboxylic acid groups (broad SMARTS) is 1. The van der Waals surface area contributed by atoms with Gasteiger partial charge in [-0.2, -0.15) is 0 Å². The van der Waals surface area contributed by atoms with Crippen LogP contribution in [0.15, 0.2) is 0 Å². The normalized spacial score (nSPS) is 12.7. The third-order valence-electron chi connectivity index (χ3n) is 3.09. The summed E-state index contributed by atoms with van der Waals surface area (Å²) in [6.07, 6.45) is 0. The first kappa shape index (κ1) is 17.6. The summed E-state index contributed by atoms with van der Waals surface area (Å²) in [4.78, 5) is 10.2. The minimum atomic E-state index is -1.68. The summed E-state index contributed by atoms with van der Waals surface area (Å²) in [7, 11) is -1.68. The maximum atomic E-state index is 10.2. The molecule has 0 rings (SSSR count). The van der Waals surface area contributed by atoms with Crippen molar-refractivity contribution in [1.29, 1.82) is 0 Å². The Morgan fingerprint density at radius 3 is 2.06 bits per heavy atom. The zero-order chi connectivity index (χ0) is 14.2. The van der Waals surface area contributed by atoms with Crippen molar-refractivity contribution in [1.82, 2.24) is 0 Å². The van der Waals surface area contributed by atoms with Crippen LogP contribution in [0.25, 0.3) is 0 Å². The molecule has 0 heterocycles. The van der Waals surface area contributed by atoms with Gasteiger partial charge in [-0.1, -0.05) is 20.8 Å². The highest BCUT2D eigenvalue weighted by Crippen LogP contribution is 2.36. The van der Waals surface area contributed by atoms with Gasteiger partial charge in [-0.25, -0.2) is 4.79 Å². The molecule has 0 fully saturated rings. The molecule has 1 N–H and O–H groups in total. The number of rotatable bonds is 9. The van der Waals surface area contributed by atoms with Gasteiger partial charge in [-0.3, -0.25) is 0 Å². The number of hydrogen-bond acceptors (Lipinski definition) is 4. The zero-order valence-corrected chi connectivity index (χ0v) is 13.1. The van der Waals surface area contributed by atoms with Crippen molar-refractivity contribution >= 4 is 14.3 Å². The van der Waals surface area contributed by atoms with Crippen LogP contribution in [0, 0.1) is 0 Å². The van der Waals surface area contributed by atoms with E-state index < -0.39 is 14.3 Å². The molecule has 0 aliphatic carbocycles. The maximum absolute atomic E-state index is 10.2. The first-order valence-corrected chi connectivity index (χ1v) is 9.09. The zero-order valence-electron chi connectivity index (χ0n) is 12.1. The molecule has 0 unspecified atom stereocenters. The van der Waals surface area contributed by atoms with E-state index in [-0.39, 0.29) is 11.6 Å². The van der Waals surface area contributed by atoms with Crippen molar-refractivity contribution in [3.8, 4) is 0 Å². The minimum absolute atomic E-state index is 0.206. The van der Waals surface area contributed by atoms with Crippen LogP contribution in [0.5, 0.6) is 0 Å². The summed E-state index contributed by atoms with van der Waals surface area (Å²) in [5.74, 6) is -0.962. The highest BCUT2D eigenvalue weighted by Gasteiger charge is 2.36. The molecule has 0 atom stereocenters. The van der Waals surface area contributed by atoms with Gasteiger partial charge in [0, 0.05) is 0 Å². The van der Waals surface area contributed by atoms with Crippen LogP contribution < -0.4 is 0 Å². The predicted molar refractivity (Wildman–Crippen MR) is 72.4 cm³/mol. The molecule has 0 aromatic heterocycles. The molecule has 0 amide bonds. The topological polar surface area (TPSA) is 65.0 Å². The quantitative estimate of drug-likeness (QED) is 0.517. The molecule has 0 aliphatic heterocycles. The summed E-state index contributed by atoms with van der Waals surface area (Å²) in [5, 5.41) is 8.54. The Morgan fingerprint density at radius 2 is 1.56 bits per heavy atom. The van der Waals surface area contributed by atoms with E-state index in [1.807, 2.05) is 0 Å². The second-order valence-electron chi connectivity index (χ2n) is 5.67. The molecular weight excluding hydrogens is 252 g/mol. The van der Waals surface area contributed by atoms with Gasteiger partial charge in [-0.05, 0) is 18.1 Å². The summed E-state index contributed by atoms with van der Waals surface area (Å²) < 4.78 is 16.1. The fraction of sp³-hybridized carbons (Fsp3) is 0.917. The van der Waals surface area contributed by atoms with Crippen molar-refractivity contribution in [2.75, 3.05) is 33.0 Å². The van der Waals surface area contributed by atoms with Crippen molar-refractivity contribution < 1.29 is 23.8 Å². The van der Waals surface area contributed by atoms with Crippen LogP contribution in [0.2, 0.25) is 18.1 Å². The number of carboxylic acids is 1. The van der Waals surface area contributed by atoms with Crippen LogP contribution in [0.4, 0.5) is 0 Å². The third-order valence-corrected chi connectivity index (χ3v) is 7.63. The van der Waals surface area contributed by atoms with Crippen LogP contribution >= 0.6 is 0 Å². The lowest BCUT2D eigenvalue weighted by Crippen LogP contribution is -2.41. The molecule has 0 aromatic carbocycles. The molecule has 0 spiro atoms. The number of carbonyl (C=O) groups is 1. The summed E-state index contributed by atoms with van der Waals surface area (Å²) >= 11 is 0. The van der Waals surface area contributed by atoms with Gasteiger partial charge in [0.2, 0.25) is 0 Å². The predicted octanol–water partition coefficient (Wildman–Crippen LogP) is 2.13. The van der Waals surface area contributed by atoms with Gasteiger partial charge in [0.1, 0.15) is 6.61 Å². The molecule has 0 aliphatic rings. The largest absolute Gasteiger partial charge is 0.480 e. The number of ether oxygens (including phenoxy) is 2. The Labute approximate surface area is 111 Å². The highest BCUT2D eigenvalue weighted by molar-refractivity contribution is 6.74. The third kappa shape index (κ3) is 7.81. The molecule has 0 radical (unpaired) electrons. The van der Waals surface area contributed by atoms with Gasteiger partial charge >= 0.3 is 5.97 Å². The Balaban J connectivity index is 3.49. The Bertz CT molecular complexity index is 247. The maximum Gasteiger partial charge on any atom is 0.329 e. The van der Waals surface area contributed by atoms with E-state index in [0.29, 0.717) is 26.4 Å². The monoisotopic (exact) mass is 278 g/mol. The van der Waals surface area contributed by atoms with Crippen molar-refractivity contribution in [2.45, 2.75) is 38.9 Å². The average molecular weight is 278 g/mol. The smallest absolute Gasteiger partial charge is 0.329 e. The highest BCUT2D eigenvalue weighted by atomic mass is 28.4. The number of aliphatic carboxylic acids is 1. The Morgan fingerprint density at radius 1 is 1.06 bits per heavy atom. The van der Waals surface area contributed by atoms with Gasteiger partial charge in [0.15, 0.2) is 8.32 Å². The Kier molecular flexibility index (Phi) is 7.69. The minimum Gasteiger partial charge on any atom is -0.480 e. The summed E-state index contributed by atoms with van der Waals surface area (Å²) in [5.41, 5.74) is 0. The molecule has 108 valence electrons. The lowest BCUT2D eigenvalue weighted by Gasteiger charge is -2.36. The fourth-order valence-corrected chi connectivity index (χ4v) is 1.98. The summed E-state index contributed by atoms with van der Waals surface area (Å²) in [6.45, 7) is 12.5. The molecule has 0 aromatic rings.